The van der Waals surface area contributed by atoms with Gasteiger partial charge >= 0.3 is 5.97 Å². The van der Waals surface area contributed by atoms with Crippen molar-refractivity contribution in [3.05, 3.63) is 81.7 Å². The van der Waals surface area contributed by atoms with Crippen molar-refractivity contribution in [2.45, 2.75) is 57.0 Å². The monoisotopic (exact) mass is 617 g/mol. The van der Waals surface area contributed by atoms with Crippen molar-refractivity contribution in [2.75, 3.05) is 31.6 Å². The lowest BCUT2D eigenvalue weighted by Crippen LogP contribution is -2.31. The number of nitrogens with zero attached hydrogens (tertiary/aromatic N) is 2. The fraction of sp³-hybridized carbons (Fsp3) is 0.400. The van der Waals surface area contributed by atoms with Crippen LogP contribution in [0.1, 0.15) is 69.3 Å². The summed E-state index contributed by atoms with van der Waals surface area (Å²) in [7, 11) is -3.60. The first-order chi connectivity index (χ1) is 19.4. The van der Waals surface area contributed by atoms with Crippen molar-refractivity contribution in [1.82, 2.24) is 9.21 Å². The van der Waals surface area contributed by atoms with Gasteiger partial charge in [-0.25, -0.2) is 13.2 Å². The van der Waals surface area contributed by atoms with Gasteiger partial charge in [-0.05, 0) is 61.6 Å². The molecule has 220 valence electrons. The number of fused-ring (bicyclic) bond motifs is 1. The fourth-order valence-electron chi connectivity index (χ4n) is 5.32. The van der Waals surface area contributed by atoms with E-state index in [0.717, 1.165) is 49.2 Å². The molecule has 0 spiro atoms. The Kier molecular flexibility index (Phi) is 10.6. The van der Waals surface area contributed by atoms with Gasteiger partial charge in [0, 0.05) is 43.2 Å². The molecule has 0 radical (unpaired) electrons. The van der Waals surface area contributed by atoms with E-state index in [1.165, 1.54) is 45.5 Å². The molecule has 0 bridgehead atoms. The topological polar surface area (TPSA) is 96.0 Å². The molecule has 0 saturated carbocycles. The van der Waals surface area contributed by atoms with Crippen LogP contribution in [0.2, 0.25) is 0 Å². The van der Waals surface area contributed by atoms with Crippen LogP contribution in [0.4, 0.5) is 5.00 Å². The SMILES string of the molecule is CCOC(=O)c1c(NC(=O)c2ccc(S(=O)(=O)N3CCCCCC3)cc2)sc2c1CCN(Cc1ccccc1)C2.Cl. The summed E-state index contributed by atoms with van der Waals surface area (Å²) in [6, 6.07) is 16.3. The Balaban J connectivity index is 0.00000387. The van der Waals surface area contributed by atoms with Gasteiger partial charge in [0.1, 0.15) is 5.00 Å². The van der Waals surface area contributed by atoms with Crippen molar-refractivity contribution in [1.29, 1.82) is 0 Å². The average molecular weight is 618 g/mol. The molecule has 0 atom stereocenters. The van der Waals surface area contributed by atoms with Crippen molar-refractivity contribution < 1.29 is 22.7 Å². The van der Waals surface area contributed by atoms with Gasteiger partial charge in [0.05, 0.1) is 17.1 Å². The van der Waals surface area contributed by atoms with Gasteiger partial charge < -0.3 is 10.1 Å². The van der Waals surface area contributed by atoms with Crippen LogP contribution in [0.15, 0.2) is 59.5 Å². The second-order valence-electron chi connectivity index (χ2n) is 10.2. The predicted molar refractivity (Wildman–Crippen MR) is 163 cm³/mol. The highest BCUT2D eigenvalue weighted by Crippen LogP contribution is 2.38. The molecule has 1 amide bonds. The maximum absolute atomic E-state index is 13.2. The Morgan fingerprint density at radius 2 is 1.63 bits per heavy atom. The highest BCUT2D eigenvalue weighted by molar-refractivity contribution is 7.89. The third-order valence-electron chi connectivity index (χ3n) is 7.41. The number of carbonyl (C=O) groups is 2. The van der Waals surface area contributed by atoms with Crippen LogP contribution < -0.4 is 5.32 Å². The molecule has 0 unspecified atom stereocenters. The van der Waals surface area contributed by atoms with Crippen molar-refractivity contribution in [2.24, 2.45) is 0 Å². The minimum absolute atomic E-state index is 0. The van der Waals surface area contributed by atoms with E-state index in [9.17, 15) is 18.0 Å². The fourth-order valence-corrected chi connectivity index (χ4v) is 8.12. The second kappa shape index (κ2) is 13.9. The summed E-state index contributed by atoms with van der Waals surface area (Å²) >= 11 is 1.40. The Hall–Kier alpha value is -2.76. The summed E-state index contributed by atoms with van der Waals surface area (Å²) in [5.41, 5.74) is 2.90. The maximum Gasteiger partial charge on any atom is 0.341 e. The summed E-state index contributed by atoms with van der Waals surface area (Å²) < 4.78 is 33.1. The molecule has 8 nitrogen and oxygen atoms in total. The first-order valence-electron chi connectivity index (χ1n) is 13.9. The summed E-state index contributed by atoms with van der Waals surface area (Å²) in [6.07, 6.45) is 4.48. The van der Waals surface area contributed by atoms with Crippen LogP contribution >= 0.6 is 23.7 Å². The maximum atomic E-state index is 13.2. The lowest BCUT2D eigenvalue weighted by Gasteiger charge is -2.27. The molecule has 3 aromatic rings. The molecule has 0 aliphatic carbocycles. The van der Waals surface area contributed by atoms with E-state index in [0.29, 0.717) is 42.2 Å². The zero-order valence-electron chi connectivity index (χ0n) is 23.1. The number of amides is 1. The molecule has 1 fully saturated rings. The van der Waals surface area contributed by atoms with Crippen molar-refractivity contribution in [3.63, 3.8) is 0 Å². The number of benzene rings is 2. The smallest absolute Gasteiger partial charge is 0.341 e. The number of sulfonamides is 1. The number of rotatable bonds is 8. The van der Waals surface area contributed by atoms with Crippen LogP contribution in [0, 0.1) is 0 Å². The van der Waals surface area contributed by atoms with Crippen LogP contribution in [0.3, 0.4) is 0 Å². The van der Waals surface area contributed by atoms with Gasteiger partial charge in [-0.1, -0.05) is 43.2 Å². The molecule has 1 aromatic heterocycles. The number of ether oxygens (including phenoxy) is 1. The highest BCUT2D eigenvalue weighted by atomic mass is 35.5. The number of carbonyl (C=O) groups excluding carboxylic acids is 2. The zero-order chi connectivity index (χ0) is 28.1. The number of hydrogen-bond donors (Lipinski definition) is 1. The van der Waals surface area contributed by atoms with E-state index in [2.05, 4.69) is 22.3 Å². The molecule has 11 heteroatoms. The van der Waals surface area contributed by atoms with Crippen LogP contribution in [-0.2, 0) is 34.3 Å². The zero-order valence-corrected chi connectivity index (χ0v) is 25.6. The number of esters is 1. The van der Waals surface area contributed by atoms with Crippen molar-refractivity contribution >= 4 is 50.6 Å². The van der Waals surface area contributed by atoms with Gasteiger partial charge in [0.15, 0.2) is 0 Å². The predicted octanol–water partition coefficient (Wildman–Crippen LogP) is 5.72. The first kappa shape index (κ1) is 31.2. The van der Waals surface area contributed by atoms with Gasteiger partial charge in [0.25, 0.3) is 5.91 Å². The lowest BCUT2D eigenvalue weighted by atomic mass is 10.0. The lowest BCUT2D eigenvalue weighted by molar-refractivity contribution is 0.0526. The van der Waals surface area contributed by atoms with Gasteiger partial charge in [0.2, 0.25) is 10.0 Å². The van der Waals surface area contributed by atoms with Crippen molar-refractivity contribution in [3.8, 4) is 0 Å². The Morgan fingerprint density at radius 1 is 0.951 bits per heavy atom. The van der Waals surface area contributed by atoms with E-state index >= 15 is 0 Å². The number of thiophene rings is 1. The molecule has 41 heavy (non-hydrogen) atoms. The number of anilines is 1. The standard InChI is InChI=1S/C30H35N3O5S2.ClH/c1-2-38-30(35)27-25-16-19-32(20-22-10-6-5-7-11-22)21-26(25)39-29(27)31-28(34)23-12-14-24(15-13-23)40(36,37)33-17-8-3-4-9-18-33;/h5-7,10-15H,2-4,8-9,16-21H2,1H3,(H,31,34);1H. The Morgan fingerprint density at radius 3 is 2.29 bits per heavy atom. The second-order valence-corrected chi connectivity index (χ2v) is 13.2. The summed E-state index contributed by atoms with van der Waals surface area (Å²) in [6.45, 7) is 5.33. The molecule has 1 N–H and O–H groups in total. The van der Waals surface area contributed by atoms with Crippen LogP contribution in [-0.4, -0.2) is 55.7 Å². The van der Waals surface area contributed by atoms with E-state index in [4.69, 9.17) is 4.74 Å². The number of nitrogens with one attached hydrogen (secondary N) is 1. The molecular weight excluding hydrogens is 582 g/mol. The van der Waals surface area contributed by atoms with E-state index in [1.807, 2.05) is 18.2 Å². The molecule has 2 aromatic carbocycles. The molecular formula is C30H36ClN3O5S2. The van der Waals surface area contributed by atoms with E-state index < -0.39 is 21.9 Å². The first-order valence-corrected chi connectivity index (χ1v) is 16.1. The quantitative estimate of drug-likeness (QED) is 0.325. The van der Waals surface area contributed by atoms with E-state index in [-0.39, 0.29) is 23.9 Å². The largest absolute Gasteiger partial charge is 0.462 e. The number of hydrogen-bond acceptors (Lipinski definition) is 7. The average Bonchev–Trinajstić information content (AvgIpc) is 3.10. The third-order valence-corrected chi connectivity index (χ3v) is 10.5. The molecule has 5 rings (SSSR count). The van der Waals surface area contributed by atoms with Crippen LogP contribution in [0.25, 0.3) is 0 Å². The molecule has 3 heterocycles. The summed E-state index contributed by atoms with van der Waals surface area (Å²) in [5, 5.41) is 3.39. The van der Waals surface area contributed by atoms with Gasteiger partial charge in [-0.2, -0.15) is 4.31 Å². The van der Waals surface area contributed by atoms with Crippen LogP contribution in [0.5, 0.6) is 0 Å². The Bertz CT molecular complexity index is 1450. The minimum Gasteiger partial charge on any atom is -0.462 e. The number of halogens is 1. The van der Waals surface area contributed by atoms with E-state index in [1.54, 1.807) is 6.92 Å². The Labute approximate surface area is 252 Å². The van der Waals surface area contributed by atoms with Gasteiger partial charge in [-0.3, -0.25) is 9.69 Å². The summed E-state index contributed by atoms with van der Waals surface area (Å²) in [5.74, 6) is -0.838. The third kappa shape index (κ3) is 7.18. The summed E-state index contributed by atoms with van der Waals surface area (Å²) in [4.78, 5) is 29.8. The normalized spacial score (nSPS) is 16.2. The highest BCUT2D eigenvalue weighted by Gasteiger charge is 2.30. The molecule has 2 aliphatic heterocycles. The molecule has 1 saturated heterocycles. The van der Waals surface area contributed by atoms with Gasteiger partial charge in [-0.15, -0.1) is 23.7 Å². The molecule has 2 aliphatic rings. The minimum atomic E-state index is -3.60.